The van der Waals surface area contributed by atoms with Crippen LogP contribution in [0.5, 0.6) is 5.75 Å². The number of hydrogen-bond donors (Lipinski definition) is 2. The number of aromatic nitrogens is 2. The lowest BCUT2D eigenvalue weighted by Crippen LogP contribution is -2.33. The van der Waals surface area contributed by atoms with Crippen LogP contribution in [0.2, 0.25) is 5.02 Å². The van der Waals surface area contributed by atoms with Crippen molar-refractivity contribution in [3.8, 4) is 5.75 Å². The number of nitrogens with one attached hydrogen (secondary N) is 2. The van der Waals surface area contributed by atoms with Crippen LogP contribution in [0, 0.1) is 0 Å². The first-order valence-electron chi connectivity index (χ1n) is 6.58. The average molecular weight is 307 g/mol. The summed E-state index contributed by atoms with van der Waals surface area (Å²) in [4.78, 5) is 8.23. The van der Waals surface area contributed by atoms with E-state index in [1.54, 1.807) is 19.5 Å². The van der Waals surface area contributed by atoms with Crippen molar-refractivity contribution in [2.45, 2.75) is 19.4 Å². The maximum atomic E-state index is 5.78. The highest BCUT2D eigenvalue weighted by atomic mass is 35.5. The summed E-state index contributed by atoms with van der Waals surface area (Å²) >= 11 is 5.78. The molecule has 0 aliphatic carbocycles. The highest BCUT2D eigenvalue weighted by Gasteiger charge is 2.19. The van der Waals surface area contributed by atoms with Gasteiger partial charge in [-0.1, -0.05) is 17.7 Å². The van der Waals surface area contributed by atoms with Gasteiger partial charge in [0.05, 0.1) is 30.2 Å². The quantitative estimate of drug-likeness (QED) is 0.887. The van der Waals surface area contributed by atoms with Gasteiger partial charge in [-0.25, -0.2) is 9.97 Å². The molecule has 1 heterocycles. The molecule has 1 aromatic carbocycles. The maximum absolute atomic E-state index is 5.78. The molecule has 0 aliphatic rings. The normalized spacial score (nSPS) is 11.3. The Balaban J connectivity index is 2.30. The van der Waals surface area contributed by atoms with Crippen LogP contribution in [0.15, 0.2) is 30.6 Å². The van der Waals surface area contributed by atoms with Crippen LogP contribution in [0.4, 0.5) is 11.6 Å². The minimum absolute atomic E-state index is 0.136. The standard InChI is InChI=1S/C15H19ClN4O/c1-15(2,17-3)10-5-6-12(13(7-10)21-4)20-14-18-8-11(16)9-19-14/h5-9,17H,1-4H3,(H,18,19,20). The van der Waals surface area contributed by atoms with E-state index in [9.17, 15) is 0 Å². The molecule has 0 aliphatic heterocycles. The zero-order chi connectivity index (χ0) is 15.5. The van der Waals surface area contributed by atoms with Gasteiger partial charge >= 0.3 is 0 Å². The van der Waals surface area contributed by atoms with Crippen LogP contribution in [0.25, 0.3) is 0 Å². The van der Waals surface area contributed by atoms with Crippen LogP contribution in [0.3, 0.4) is 0 Å². The van der Waals surface area contributed by atoms with Crippen LogP contribution < -0.4 is 15.4 Å². The topological polar surface area (TPSA) is 59.1 Å². The van der Waals surface area contributed by atoms with Gasteiger partial charge in [-0.2, -0.15) is 0 Å². The van der Waals surface area contributed by atoms with Gasteiger partial charge in [-0.3, -0.25) is 0 Å². The summed E-state index contributed by atoms with van der Waals surface area (Å²) < 4.78 is 5.45. The van der Waals surface area contributed by atoms with Gasteiger partial charge in [0.2, 0.25) is 5.95 Å². The number of anilines is 2. The molecule has 2 rings (SSSR count). The first-order valence-corrected chi connectivity index (χ1v) is 6.96. The van der Waals surface area contributed by atoms with Gasteiger partial charge < -0.3 is 15.4 Å². The number of rotatable bonds is 5. The van der Waals surface area contributed by atoms with Crippen molar-refractivity contribution in [3.63, 3.8) is 0 Å². The number of nitrogens with zero attached hydrogens (tertiary/aromatic N) is 2. The Labute approximate surface area is 129 Å². The zero-order valence-electron chi connectivity index (χ0n) is 12.6. The van der Waals surface area contributed by atoms with Crippen molar-refractivity contribution < 1.29 is 4.74 Å². The minimum atomic E-state index is -0.136. The average Bonchev–Trinajstić information content (AvgIpc) is 2.49. The van der Waals surface area contributed by atoms with E-state index in [1.165, 1.54) is 0 Å². The Morgan fingerprint density at radius 2 is 1.86 bits per heavy atom. The fourth-order valence-corrected chi connectivity index (χ4v) is 1.92. The molecule has 0 bridgehead atoms. The van der Waals surface area contributed by atoms with Crippen molar-refractivity contribution in [2.24, 2.45) is 0 Å². The molecule has 6 heteroatoms. The molecule has 1 aromatic heterocycles. The largest absolute Gasteiger partial charge is 0.495 e. The van der Waals surface area contributed by atoms with E-state index >= 15 is 0 Å². The molecular formula is C15H19ClN4O. The first kappa shape index (κ1) is 15.5. The fraction of sp³-hybridized carbons (Fsp3) is 0.333. The van der Waals surface area contributed by atoms with E-state index in [0.717, 1.165) is 17.0 Å². The third kappa shape index (κ3) is 3.62. The van der Waals surface area contributed by atoms with E-state index in [1.807, 2.05) is 25.2 Å². The molecule has 2 aromatic rings. The van der Waals surface area contributed by atoms with E-state index in [2.05, 4.69) is 34.4 Å². The summed E-state index contributed by atoms with van der Waals surface area (Å²) in [7, 11) is 3.57. The maximum Gasteiger partial charge on any atom is 0.227 e. The smallest absolute Gasteiger partial charge is 0.227 e. The second-order valence-electron chi connectivity index (χ2n) is 5.14. The molecule has 112 valence electrons. The molecular weight excluding hydrogens is 288 g/mol. The summed E-state index contributed by atoms with van der Waals surface area (Å²) in [5.74, 6) is 1.20. The summed E-state index contributed by atoms with van der Waals surface area (Å²) in [6.07, 6.45) is 3.09. The second kappa shape index (κ2) is 6.28. The first-order chi connectivity index (χ1) is 9.96. The summed E-state index contributed by atoms with van der Waals surface area (Å²) in [6.45, 7) is 4.22. The van der Waals surface area contributed by atoms with Crippen molar-refractivity contribution >= 4 is 23.2 Å². The summed E-state index contributed by atoms with van der Waals surface area (Å²) in [6, 6.07) is 5.98. The van der Waals surface area contributed by atoms with Crippen molar-refractivity contribution in [3.05, 3.63) is 41.2 Å². The molecule has 5 nitrogen and oxygen atoms in total. The monoisotopic (exact) mass is 306 g/mol. The van der Waals surface area contributed by atoms with Crippen molar-refractivity contribution in [1.29, 1.82) is 0 Å². The van der Waals surface area contributed by atoms with Crippen molar-refractivity contribution in [2.75, 3.05) is 19.5 Å². The van der Waals surface area contributed by atoms with E-state index < -0.39 is 0 Å². The molecule has 0 amide bonds. The van der Waals surface area contributed by atoms with Crippen molar-refractivity contribution in [1.82, 2.24) is 15.3 Å². The molecule has 0 atom stereocenters. The molecule has 0 radical (unpaired) electrons. The summed E-state index contributed by atoms with van der Waals surface area (Å²) in [5.41, 5.74) is 1.79. The van der Waals surface area contributed by atoms with Gasteiger partial charge in [0.15, 0.2) is 0 Å². The van der Waals surface area contributed by atoms with E-state index in [4.69, 9.17) is 16.3 Å². The van der Waals surface area contributed by atoms with Gasteiger partial charge in [0.1, 0.15) is 5.75 Å². The van der Waals surface area contributed by atoms with E-state index in [-0.39, 0.29) is 5.54 Å². The SMILES string of the molecule is CNC(C)(C)c1ccc(Nc2ncc(Cl)cn2)c(OC)c1. The number of halogens is 1. The van der Waals surface area contributed by atoms with Gasteiger partial charge in [0.25, 0.3) is 0 Å². The third-order valence-corrected chi connectivity index (χ3v) is 3.61. The van der Waals surface area contributed by atoms with Gasteiger partial charge in [-0.05, 0) is 38.6 Å². The van der Waals surface area contributed by atoms with Crippen LogP contribution in [0.1, 0.15) is 19.4 Å². The van der Waals surface area contributed by atoms with Crippen LogP contribution >= 0.6 is 11.6 Å². The van der Waals surface area contributed by atoms with Gasteiger partial charge in [0, 0.05) is 5.54 Å². The molecule has 0 saturated carbocycles. The predicted octanol–water partition coefficient (Wildman–Crippen LogP) is 3.34. The Hall–Kier alpha value is -1.85. The molecule has 0 spiro atoms. The highest BCUT2D eigenvalue weighted by Crippen LogP contribution is 2.31. The molecule has 0 unspecified atom stereocenters. The Morgan fingerprint density at radius 3 is 2.43 bits per heavy atom. The number of methoxy groups -OCH3 is 1. The predicted molar refractivity (Wildman–Crippen MR) is 85.4 cm³/mol. The lowest BCUT2D eigenvalue weighted by Gasteiger charge is -2.25. The second-order valence-corrected chi connectivity index (χ2v) is 5.58. The van der Waals surface area contributed by atoms with Crippen LogP contribution in [-0.4, -0.2) is 24.1 Å². The van der Waals surface area contributed by atoms with E-state index in [0.29, 0.717) is 11.0 Å². The summed E-state index contributed by atoms with van der Waals surface area (Å²) in [5, 5.41) is 6.89. The zero-order valence-corrected chi connectivity index (χ0v) is 13.3. The Kier molecular flexibility index (Phi) is 4.65. The molecule has 2 N–H and O–H groups in total. The Bertz CT molecular complexity index is 614. The number of benzene rings is 1. The molecule has 21 heavy (non-hydrogen) atoms. The number of hydrogen-bond acceptors (Lipinski definition) is 5. The highest BCUT2D eigenvalue weighted by molar-refractivity contribution is 6.30. The number of ether oxygens (including phenoxy) is 1. The minimum Gasteiger partial charge on any atom is -0.495 e. The van der Waals surface area contributed by atoms with Crippen LogP contribution in [-0.2, 0) is 5.54 Å². The lowest BCUT2D eigenvalue weighted by molar-refractivity contribution is 0.408. The lowest BCUT2D eigenvalue weighted by atomic mass is 9.94. The molecule has 0 saturated heterocycles. The van der Waals surface area contributed by atoms with Gasteiger partial charge in [-0.15, -0.1) is 0 Å². The Morgan fingerprint density at radius 1 is 1.19 bits per heavy atom. The fourth-order valence-electron chi connectivity index (χ4n) is 1.82. The third-order valence-electron chi connectivity index (χ3n) is 3.42. The molecule has 0 fully saturated rings.